The number of rotatable bonds is 6. The third-order valence-electron chi connectivity index (χ3n) is 4.05. The normalized spacial score (nSPS) is 12.7. The number of hydrogen-bond acceptors (Lipinski definition) is 5. The molecule has 26 heavy (non-hydrogen) atoms. The molecule has 0 spiro atoms. The number of halogens is 1. The van der Waals surface area contributed by atoms with Crippen LogP contribution in [0, 0.1) is 13.8 Å². The highest BCUT2D eigenvalue weighted by molar-refractivity contribution is 14.0. The van der Waals surface area contributed by atoms with Gasteiger partial charge in [0.25, 0.3) is 0 Å². The molecule has 0 aliphatic carbocycles. The SMILES string of the molecule is CCNC(=NCc1ccc2c(c1)OCO2)NCCc1c(C)noc1C.I. The van der Waals surface area contributed by atoms with Crippen LogP contribution in [0.3, 0.4) is 0 Å². The number of fused-ring (bicyclic) bond motifs is 1. The summed E-state index contributed by atoms with van der Waals surface area (Å²) in [5, 5.41) is 10.6. The molecule has 142 valence electrons. The number of aliphatic imine (C=N–C) groups is 1. The van der Waals surface area contributed by atoms with Crippen LogP contribution in [0.2, 0.25) is 0 Å². The smallest absolute Gasteiger partial charge is 0.231 e. The zero-order valence-corrected chi connectivity index (χ0v) is 17.6. The molecule has 0 bridgehead atoms. The largest absolute Gasteiger partial charge is 0.454 e. The average Bonchev–Trinajstić information content (AvgIpc) is 3.20. The minimum absolute atomic E-state index is 0. The van der Waals surface area contributed by atoms with Gasteiger partial charge in [-0.15, -0.1) is 24.0 Å². The zero-order valence-electron chi connectivity index (χ0n) is 15.3. The molecular weight excluding hydrogens is 447 g/mol. The van der Waals surface area contributed by atoms with Crippen LogP contribution in [0.5, 0.6) is 11.5 Å². The van der Waals surface area contributed by atoms with E-state index in [0.717, 1.165) is 59.5 Å². The second-order valence-corrected chi connectivity index (χ2v) is 5.86. The lowest BCUT2D eigenvalue weighted by Crippen LogP contribution is -2.38. The predicted octanol–water partition coefficient (Wildman–Crippen LogP) is 2.94. The summed E-state index contributed by atoms with van der Waals surface area (Å²) in [5.74, 6) is 3.23. The van der Waals surface area contributed by atoms with E-state index in [1.165, 1.54) is 0 Å². The van der Waals surface area contributed by atoms with Gasteiger partial charge in [-0.25, -0.2) is 4.99 Å². The summed E-state index contributed by atoms with van der Waals surface area (Å²) >= 11 is 0. The van der Waals surface area contributed by atoms with Crippen molar-refractivity contribution in [1.29, 1.82) is 0 Å². The maximum Gasteiger partial charge on any atom is 0.231 e. The number of aryl methyl sites for hydroxylation is 2. The Morgan fingerprint density at radius 3 is 2.73 bits per heavy atom. The van der Waals surface area contributed by atoms with Gasteiger partial charge in [-0.05, 0) is 44.9 Å². The minimum atomic E-state index is 0. The lowest BCUT2D eigenvalue weighted by molar-refractivity contribution is 0.174. The van der Waals surface area contributed by atoms with E-state index in [9.17, 15) is 0 Å². The first-order chi connectivity index (χ1) is 12.2. The Kier molecular flexibility index (Phi) is 7.55. The fourth-order valence-electron chi connectivity index (χ4n) is 2.72. The van der Waals surface area contributed by atoms with E-state index in [0.29, 0.717) is 6.54 Å². The molecule has 2 aromatic rings. The van der Waals surface area contributed by atoms with E-state index in [-0.39, 0.29) is 30.8 Å². The molecule has 0 radical (unpaired) electrons. The molecule has 0 saturated carbocycles. The van der Waals surface area contributed by atoms with Gasteiger partial charge in [0.1, 0.15) is 5.76 Å². The van der Waals surface area contributed by atoms with Gasteiger partial charge in [-0.1, -0.05) is 11.2 Å². The van der Waals surface area contributed by atoms with Crippen LogP contribution in [-0.4, -0.2) is 31.0 Å². The molecule has 0 amide bonds. The summed E-state index contributed by atoms with van der Waals surface area (Å²) < 4.78 is 15.9. The summed E-state index contributed by atoms with van der Waals surface area (Å²) in [6, 6.07) is 5.90. The summed E-state index contributed by atoms with van der Waals surface area (Å²) in [7, 11) is 0. The zero-order chi connectivity index (χ0) is 17.6. The first-order valence-electron chi connectivity index (χ1n) is 8.50. The van der Waals surface area contributed by atoms with E-state index in [4.69, 9.17) is 14.0 Å². The average molecular weight is 472 g/mol. The highest BCUT2D eigenvalue weighted by Gasteiger charge is 2.13. The molecule has 1 aromatic heterocycles. The second kappa shape index (κ2) is 9.65. The number of nitrogens with one attached hydrogen (secondary N) is 2. The number of aromatic nitrogens is 1. The van der Waals surface area contributed by atoms with E-state index < -0.39 is 0 Å². The lowest BCUT2D eigenvalue weighted by Gasteiger charge is -2.11. The summed E-state index contributed by atoms with van der Waals surface area (Å²) in [4.78, 5) is 4.63. The maximum atomic E-state index is 5.41. The van der Waals surface area contributed by atoms with Crippen molar-refractivity contribution < 1.29 is 14.0 Å². The highest BCUT2D eigenvalue weighted by atomic mass is 127. The van der Waals surface area contributed by atoms with Crippen molar-refractivity contribution in [2.24, 2.45) is 4.99 Å². The first-order valence-corrected chi connectivity index (χ1v) is 8.50. The molecule has 2 N–H and O–H groups in total. The van der Waals surface area contributed by atoms with Crippen molar-refractivity contribution in [2.75, 3.05) is 19.9 Å². The molecule has 8 heteroatoms. The third kappa shape index (κ3) is 5.03. The number of guanidine groups is 1. The minimum Gasteiger partial charge on any atom is -0.454 e. The van der Waals surface area contributed by atoms with Gasteiger partial charge in [-0.2, -0.15) is 0 Å². The number of hydrogen-bond donors (Lipinski definition) is 2. The molecule has 0 unspecified atom stereocenters. The Morgan fingerprint density at radius 2 is 2.00 bits per heavy atom. The second-order valence-electron chi connectivity index (χ2n) is 5.86. The van der Waals surface area contributed by atoms with Crippen LogP contribution < -0.4 is 20.1 Å². The van der Waals surface area contributed by atoms with Crippen LogP contribution in [0.1, 0.15) is 29.5 Å². The number of ether oxygens (including phenoxy) is 2. The van der Waals surface area contributed by atoms with Crippen molar-refractivity contribution in [3.63, 3.8) is 0 Å². The Bertz CT molecular complexity index is 741. The Hall–Kier alpha value is -1.97. The molecule has 1 aliphatic rings. The third-order valence-corrected chi connectivity index (χ3v) is 4.05. The van der Waals surface area contributed by atoms with Gasteiger partial charge in [0, 0.05) is 18.7 Å². The molecule has 0 atom stereocenters. The Balaban J connectivity index is 0.00000243. The van der Waals surface area contributed by atoms with Gasteiger partial charge < -0.3 is 24.6 Å². The van der Waals surface area contributed by atoms with Gasteiger partial charge in [0.2, 0.25) is 6.79 Å². The van der Waals surface area contributed by atoms with E-state index in [2.05, 4.69) is 20.8 Å². The van der Waals surface area contributed by atoms with Crippen molar-refractivity contribution in [1.82, 2.24) is 15.8 Å². The van der Waals surface area contributed by atoms with Crippen molar-refractivity contribution >= 4 is 29.9 Å². The molecule has 7 nitrogen and oxygen atoms in total. The van der Waals surface area contributed by atoms with Gasteiger partial charge in [-0.3, -0.25) is 0 Å². The van der Waals surface area contributed by atoms with Crippen molar-refractivity contribution in [3.05, 3.63) is 40.8 Å². The standard InChI is InChI=1S/C18H24N4O3.HI/c1-4-19-18(20-8-7-15-12(2)22-25-13(15)3)21-10-14-5-6-16-17(9-14)24-11-23-16;/h5-6,9H,4,7-8,10-11H2,1-3H3,(H2,19,20,21);1H. The van der Waals surface area contributed by atoms with Crippen LogP contribution in [0.25, 0.3) is 0 Å². The highest BCUT2D eigenvalue weighted by Crippen LogP contribution is 2.32. The molecular formula is C18H25IN4O3. The fraction of sp³-hybridized carbons (Fsp3) is 0.444. The molecule has 1 aromatic carbocycles. The first kappa shape index (κ1) is 20.3. The number of nitrogens with zero attached hydrogens (tertiary/aromatic N) is 2. The van der Waals surface area contributed by atoms with Crippen molar-refractivity contribution in [2.45, 2.75) is 33.7 Å². The van der Waals surface area contributed by atoms with Crippen molar-refractivity contribution in [3.8, 4) is 11.5 Å². The fourth-order valence-corrected chi connectivity index (χ4v) is 2.72. The van der Waals surface area contributed by atoms with Crippen LogP contribution in [0.15, 0.2) is 27.7 Å². The predicted molar refractivity (Wildman–Crippen MR) is 110 cm³/mol. The summed E-state index contributed by atoms with van der Waals surface area (Å²) in [6.07, 6.45) is 0.843. The molecule has 0 fully saturated rings. The monoisotopic (exact) mass is 472 g/mol. The van der Waals surface area contributed by atoms with E-state index in [1.807, 2.05) is 39.0 Å². The van der Waals surface area contributed by atoms with Gasteiger partial charge in [0.05, 0.1) is 12.2 Å². The molecule has 2 heterocycles. The lowest BCUT2D eigenvalue weighted by atomic mass is 10.1. The summed E-state index contributed by atoms with van der Waals surface area (Å²) in [5.41, 5.74) is 3.17. The van der Waals surface area contributed by atoms with E-state index >= 15 is 0 Å². The Labute approximate surface area is 170 Å². The number of benzene rings is 1. The molecule has 3 rings (SSSR count). The topological polar surface area (TPSA) is 80.9 Å². The maximum absolute atomic E-state index is 5.41. The van der Waals surface area contributed by atoms with E-state index in [1.54, 1.807) is 0 Å². The summed E-state index contributed by atoms with van der Waals surface area (Å²) in [6.45, 7) is 8.37. The van der Waals surface area contributed by atoms with Crippen LogP contribution in [-0.2, 0) is 13.0 Å². The quantitative estimate of drug-likeness (QED) is 0.383. The molecule has 0 saturated heterocycles. The van der Waals surface area contributed by atoms with Crippen LogP contribution in [0.4, 0.5) is 0 Å². The molecule has 1 aliphatic heterocycles. The van der Waals surface area contributed by atoms with Crippen LogP contribution >= 0.6 is 24.0 Å². The Morgan fingerprint density at radius 1 is 1.19 bits per heavy atom. The van der Waals surface area contributed by atoms with Gasteiger partial charge in [0.15, 0.2) is 17.5 Å². The van der Waals surface area contributed by atoms with Gasteiger partial charge >= 0.3 is 0 Å².